The largest absolute Gasteiger partial charge is 0.542 e. The van der Waals surface area contributed by atoms with Crippen molar-refractivity contribution >= 4 is 16.9 Å². The topological polar surface area (TPSA) is 102 Å². The SMILES string of the molecule is Cc1cc(C)cc(Oc2coc3cc(OCc4ccc(C(=O)[O-])o4)ccc3c2=O)c1. The van der Waals surface area contributed by atoms with Crippen LogP contribution in [-0.4, -0.2) is 5.97 Å². The number of ether oxygens (including phenoxy) is 2. The molecule has 152 valence electrons. The predicted octanol–water partition coefficient (Wildman–Crippen LogP) is 3.74. The molecule has 4 rings (SSSR count). The second-order valence-electron chi connectivity index (χ2n) is 6.85. The molecule has 0 spiro atoms. The van der Waals surface area contributed by atoms with E-state index in [9.17, 15) is 14.7 Å². The average molecular weight is 405 g/mol. The highest BCUT2D eigenvalue weighted by Crippen LogP contribution is 2.26. The lowest BCUT2D eigenvalue weighted by Crippen LogP contribution is -2.21. The van der Waals surface area contributed by atoms with E-state index in [1.165, 1.54) is 18.4 Å². The van der Waals surface area contributed by atoms with E-state index < -0.39 is 5.97 Å². The second kappa shape index (κ2) is 7.79. The van der Waals surface area contributed by atoms with Gasteiger partial charge in [0, 0.05) is 6.07 Å². The van der Waals surface area contributed by atoms with E-state index in [2.05, 4.69) is 0 Å². The molecule has 0 aliphatic carbocycles. The highest BCUT2D eigenvalue weighted by molar-refractivity contribution is 5.82. The lowest BCUT2D eigenvalue weighted by Gasteiger charge is -2.09. The Morgan fingerprint density at radius 1 is 1.00 bits per heavy atom. The molecule has 7 heteroatoms. The zero-order valence-electron chi connectivity index (χ0n) is 16.3. The summed E-state index contributed by atoms with van der Waals surface area (Å²) in [7, 11) is 0. The Bertz CT molecular complexity index is 1280. The maximum absolute atomic E-state index is 12.8. The van der Waals surface area contributed by atoms with Crippen molar-refractivity contribution in [2.24, 2.45) is 0 Å². The molecule has 0 atom stereocenters. The number of carbonyl (C=O) groups excluding carboxylic acids is 1. The molecule has 2 aromatic heterocycles. The zero-order valence-corrected chi connectivity index (χ0v) is 16.3. The lowest BCUT2D eigenvalue weighted by atomic mass is 10.1. The number of hydrogen-bond donors (Lipinski definition) is 0. The van der Waals surface area contributed by atoms with Gasteiger partial charge in [0.1, 0.15) is 47.4 Å². The highest BCUT2D eigenvalue weighted by Gasteiger charge is 2.11. The molecule has 7 nitrogen and oxygen atoms in total. The minimum atomic E-state index is -1.40. The van der Waals surface area contributed by atoms with Gasteiger partial charge in [0.05, 0.1) is 5.39 Å². The van der Waals surface area contributed by atoms with Crippen LogP contribution >= 0.6 is 0 Å². The van der Waals surface area contributed by atoms with Crippen molar-refractivity contribution < 1.29 is 28.2 Å². The van der Waals surface area contributed by atoms with Crippen molar-refractivity contribution in [1.82, 2.24) is 0 Å². The lowest BCUT2D eigenvalue weighted by molar-refractivity contribution is -0.257. The summed E-state index contributed by atoms with van der Waals surface area (Å²) in [4.78, 5) is 23.5. The minimum Gasteiger partial charge on any atom is -0.542 e. The van der Waals surface area contributed by atoms with Gasteiger partial charge in [0.15, 0.2) is 0 Å². The summed E-state index contributed by atoms with van der Waals surface area (Å²) >= 11 is 0. The number of carboxylic acids is 1. The average Bonchev–Trinajstić information content (AvgIpc) is 3.17. The summed E-state index contributed by atoms with van der Waals surface area (Å²) in [5.74, 6) is -0.255. The minimum absolute atomic E-state index is 0.0108. The number of furan rings is 1. The molecule has 0 aliphatic heterocycles. The standard InChI is InChI=1S/C23H18O7/c1-13-7-14(2)9-17(8-13)30-21-12-28-20-10-15(3-5-18(20)22(21)24)27-11-16-4-6-19(29-16)23(25)26/h3-10,12H,11H2,1-2H3,(H,25,26)/p-1. The van der Waals surface area contributed by atoms with Gasteiger partial charge in [-0.05, 0) is 61.4 Å². The van der Waals surface area contributed by atoms with E-state index in [0.717, 1.165) is 11.1 Å². The number of hydrogen-bond acceptors (Lipinski definition) is 7. The van der Waals surface area contributed by atoms with Gasteiger partial charge < -0.3 is 28.2 Å². The summed E-state index contributed by atoms with van der Waals surface area (Å²) in [6.07, 6.45) is 1.27. The van der Waals surface area contributed by atoms with E-state index in [1.54, 1.807) is 18.2 Å². The third-order valence-corrected chi connectivity index (χ3v) is 4.38. The van der Waals surface area contributed by atoms with Crippen molar-refractivity contribution in [2.75, 3.05) is 0 Å². The molecule has 30 heavy (non-hydrogen) atoms. The maximum atomic E-state index is 12.8. The molecule has 0 bridgehead atoms. The van der Waals surface area contributed by atoms with Gasteiger partial charge in [-0.3, -0.25) is 4.79 Å². The molecule has 0 saturated carbocycles. The monoisotopic (exact) mass is 405 g/mol. The normalized spacial score (nSPS) is 10.9. The molecule has 0 amide bonds. The summed E-state index contributed by atoms with van der Waals surface area (Å²) in [6.45, 7) is 3.91. The highest BCUT2D eigenvalue weighted by atomic mass is 16.5. The van der Waals surface area contributed by atoms with Crippen molar-refractivity contribution in [2.45, 2.75) is 20.5 Å². The fourth-order valence-electron chi connectivity index (χ4n) is 3.09. The number of aromatic carboxylic acids is 1. The number of carboxylic acid groups (broad SMARTS) is 1. The molecule has 4 aromatic rings. The van der Waals surface area contributed by atoms with Gasteiger partial charge >= 0.3 is 0 Å². The van der Waals surface area contributed by atoms with Crippen molar-refractivity contribution in [1.29, 1.82) is 0 Å². The number of carbonyl (C=O) groups is 1. The predicted molar refractivity (Wildman–Crippen MR) is 106 cm³/mol. The van der Waals surface area contributed by atoms with Crippen LogP contribution in [0.15, 0.2) is 68.4 Å². The zero-order chi connectivity index (χ0) is 21.3. The summed E-state index contributed by atoms with van der Waals surface area (Å²) in [6, 6.07) is 13.2. The molecule has 0 radical (unpaired) electrons. The summed E-state index contributed by atoms with van der Waals surface area (Å²) in [5.41, 5.74) is 2.09. The van der Waals surface area contributed by atoms with Crippen molar-refractivity contribution in [3.8, 4) is 17.2 Å². The molecule has 0 saturated heterocycles. The van der Waals surface area contributed by atoms with E-state index >= 15 is 0 Å². The molecule has 2 aromatic carbocycles. The third kappa shape index (κ3) is 4.05. The number of benzene rings is 2. The summed E-state index contributed by atoms with van der Waals surface area (Å²) < 4.78 is 22.0. The maximum Gasteiger partial charge on any atom is 0.235 e. The van der Waals surface area contributed by atoms with E-state index in [4.69, 9.17) is 18.3 Å². The first-order valence-corrected chi connectivity index (χ1v) is 9.13. The van der Waals surface area contributed by atoms with Crippen LogP contribution in [0.2, 0.25) is 0 Å². The Balaban J connectivity index is 1.54. The first-order chi connectivity index (χ1) is 14.4. The van der Waals surface area contributed by atoms with Gasteiger partial charge in [-0.25, -0.2) is 0 Å². The van der Waals surface area contributed by atoms with Gasteiger partial charge in [-0.1, -0.05) is 6.07 Å². The van der Waals surface area contributed by atoms with E-state index in [1.807, 2.05) is 32.0 Å². The Kier molecular flexibility index (Phi) is 5.02. The Labute approximate surface area is 171 Å². The van der Waals surface area contributed by atoms with Crippen molar-refractivity contribution in [3.05, 3.63) is 87.7 Å². The molecular formula is C23H17O7-. The van der Waals surface area contributed by atoms with Crippen LogP contribution in [0.5, 0.6) is 17.2 Å². The molecule has 0 fully saturated rings. The van der Waals surface area contributed by atoms with Crippen LogP contribution in [0, 0.1) is 13.8 Å². The molecule has 2 heterocycles. The van der Waals surface area contributed by atoms with Crippen LogP contribution in [0.25, 0.3) is 11.0 Å². The van der Waals surface area contributed by atoms with Crippen LogP contribution in [0.4, 0.5) is 0 Å². The molecule has 0 aliphatic rings. The molecule has 0 N–H and O–H groups in total. The summed E-state index contributed by atoms with van der Waals surface area (Å²) in [5, 5.41) is 11.1. The Morgan fingerprint density at radius 3 is 2.47 bits per heavy atom. The van der Waals surface area contributed by atoms with E-state index in [-0.39, 0.29) is 23.5 Å². The smallest absolute Gasteiger partial charge is 0.235 e. The van der Waals surface area contributed by atoms with Gasteiger partial charge in [-0.15, -0.1) is 0 Å². The third-order valence-electron chi connectivity index (χ3n) is 4.38. The van der Waals surface area contributed by atoms with Gasteiger partial charge in [-0.2, -0.15) is 0 Å². The van der Waals surface area contributed by atoms with Crippen LogP contribution in [-0.2, 0) is 6.61 Å². The number of fused-ring (bicyclic) bond motifs is 1. The fourth-order valence-corrected chi connectivity index (χ4v) is 3.09. The number of rotatable bonds is 6. The first kappa shape index (κ1) is 19.3. The fraction of sp³-hybridized carbons (Fsp3) is 0.130. The Hall–Kier alpha value is -4.00. The van der Waals surface area contributed by atoms with E-state index in [0.29, 0.717) is 28.2 Å². The number of aryl methyl sites for hydroxylation is 2. The molecular weight excluding hydrogens is 388 g/mol. The van der Waals surface area contributed by atoms with Crippen LogP contribution < -0.4 is 20.0 Å². The Morgan fingerprint density at radius 2 is 1.77 bits per heavy atom. The van der Waals surface area contributed by atoms with Crippen LogP contribution in [0.3, 0.4) is 0 Å². The van der Waals surface area contributed by atoms with Crippen molar-refractivity contribution in [3.63, 3.8) is 0 Å². The van der Waals surface area contributed by atoms with Crippen LogP contribution in [0.1, 0.15) is 27.4 Å². The first-order valence-electron chi connectivity index (χ1n) is 9.13. The van der Waals surface area contributed by atoms with Gasteiger partial charge in [0.2, 0.25) is 11.2 Å². The molecule has 0 unspecified atom stereocenters. The van der Waals surface area contributed by atoms with Gasteiger partial charge in [0.25, 0.3) is 0 Å². The second-order valence-corrected chi connectivity index (χ2v) is 6.85. The quantitative estimate of drug-likeness (QED) is 0.481.